The molecular formula is C8H12N2O2S2. The highest BCUT2D eigenvalue weighted by atomic mass is 32.3. The first kappa shape index (κ1) is 11.2. The van der Waals surface area contributed by atoms with Gasteiger partial charge in [-0.15, -0.1) is 3.77 Å². The number of benzene rings is 1. The zero-order valence-electron chi connectivity index (χ0n) is 7.97. The lowest BCUT2D eigenvalue weighted by molar-refractivity contribution is 0.675. The SMILES string of the molecule is CS(=N)(=O)N=S(C)(=O)c1ccccc1. The minimum atomic E-state index is -3.08. The first-order valence-corrected chi connectivity index (χ1v) is 7.68. The quantitative estimate of drug-likeness (QED) is 0.843. The Balaban J connectivity index is 3.37. The topological polar surface area (TPSA) is 70.3 Å². The van der Waals surface area contributed by atoms with E-state index >= 15 is 0 Å². The van der Waals surface area contributed by atoms with E-state index in [0.717, 1.165) is 6.26 Å². The van der Waals surface area contributed by atoms with Crippen molar-refractivity contribution in [2.45, 2.75) is 4.90 Å². The van der Waals surface area contributed by atoms with Crippen LogP contribution in [-0.2, 0) is 19.6 Å². The molecule has 0 heterocycles. The summed E-state index contributed by atoms with van der Waals surface area (Å²) in [5, 5.41) is 0. The molecule has 0 fully saturated rings. The van der Waals surface area contributed by atoms with Gasteiger partial charge in [-0.1, -0.05) is 18.2 Å². The molecular weight excluding hydrogens is 220 g/mol. The van der Waals surface area contributed by atoms with Gasteiger partial charge in [-0.05, 0) is 12.1 Å². The van der Waals surface area contributed by atoms with Crippen LogP contribution in [0.2, 0.25) is 0 Å². The van der Waals surface area contributed by atoms with Crippen molar-refractivity contribution in [3.63, 3.8) is 0 Å². The Morgan fingerprint density at radius 2 is 1.64 bits per heavy atom. The van der Waals surface area contributed by atoms with Gasteiger partial charge in [0.1, 0.15) is 0 Å². The third-order valence-electron chi connectivity index (χ3n) is 1.47. The lowest BCUT2D eigenvalue weighted by atomic mass is 10.4. The van der Waals surface area contributed by atoms with Crippen molar-refractivity contribution in [2.24, 2.45) is 3.77 Å². The van der Waals surface area contributed by atoms with E-state index in [2.05, 4.69) is 3.77 Å². The predicted molar refractivity (Wildman–Crippen MR) is 58.0 cm³/mol. The largest absolute Gasteiger partial charge is 0.244 e. The Kier molecular flexibility index (Phi) is 2.96. The molecule has 6 heteroatoms. The molecule has 0 bridgehead atoms. The summed E-state index contributed by atoms with van der Waals surface area (Å²) in [7, 11) is -5.79. The highest BCUT2D eigenvalue weighted by molar-refractivity contribution is 8.03. The Hall–Kier alpha value is -0.880. The summed E-state index contributed by atoms with van der Waals surface area (Å²) in [6, 6.07) is 8.56. The van der Waals surface area contributed by atoms with Gasteiger partial charge in [0.2, 0.25) is 0 Å². The molecule has 1 aromatic carbocycles. The molecule has 0 radical (unpaired) electrons. The molecule has 78 valence electrons. The van der Waals surface area contributed by atoms with Crippen molar-refractivity contribution in [1.29, 1.82) is 4.78 Å². The first-order valence-electron chi connectivity index (χ1n) is 3.83. The average Bonchev–Trinajstić information content (AvgIpc) is 2.01. The lowest BCUT2D eigenvalue weighted by Crippen LogP contribution is -2.01. The second kappa shape index (κ2) is 3.70. The van der Waals surface area contributed by atoms with E-state index in [1.165, 1.54) is 6.26 Å². The van der Waals surface area contributed by atoms with Crippen molar-refractivity contribution in [2.75, 3.05) is 12.5 Å². The van der Waals surface area contributed by atoms with Crippen LogP contribution in [0.15, 0.2) is 39.0 Å². The third kappa shape index (κ3) is 3.12. The molecule has 14 heavy (non-hydrogen) atoms. The molecule has 2 unspecified atom stereocenters. The first-order chi connectivity index (χ1) is 6.31. The van der Waals surface area contributed by atoms with Crippen molar-refractivity contribution >= 4 is 19.6 Å². The molecule has 0 saturated carbocycles. The van der Waals surface area contributed by atoms with Gasteiger partial charge in [0.15, 0.2) is 9.92 Å². The van der Waals surface area contributed by atoms with Crippen LogP contribution in [-0.4, -0.2) is 20.9 Å². The Morgan fingerprint density at radius 3 is 2.07 bits per heavy atom. The number of rotatable bonds is 2. The van der Waals surface area contributed by atoms with Crippen LogP contribution in [0.25, 0.3) is 0 Å². The van der Waals surface area contributed by atoms with Gasteiger partial charge in [0.25, 0.3) is 0 Å². The van der Waals surface area contributed by atoms with Crippen LogP contribution in [0.5, 0.6) is 0 Å². The van der Waals surface area contributed by atoms with E-state index in [4.69, 9.17) is 4.78 Å². The molecule has 1 rings (SSSR count). The molecule has 2 atom stereocenters. The van der Waals surface area contributed by atoms with Crippen LogP contribution < -0.4 is 0 Å². The highest BCUT2D eigenvalue weighted by Gasteiger charge is 2.07. The number of hydrogen-bond donors (Lipinski definition) is 1. The van der Waals surface area contributed by atoms with Crippen molar-refractivity contribution in [3.05, 3.63) is 30.3 Å². The minimum absolute atomic E-state index is 0.502. The van der Waals surface area contributed by atoms with E-state index in [9.17, 15) is 8.42 Å². The summed E-state index contributed by atoms with van der Waals surface area (Å²) < 4.78 is 33.7. The smallest absolute Gasteiger partial charge is 0.152 e. The standard InChI is InChI=1S/C8H12N2O2S2/c1-13(11,10-14(2,9)12)8-6-4-3-5-7-8/h3-7,9H,1-2H3. The number of hydrogen-bond acceptors (Lipinski definition) is 3. The van der Waals surface area contributed by atoms with E-state index in [1.807, 2.05) is 0 Å². The Labute approximate surface area is 84.6 Å². The maximum Gasteiger partial charge on any atom is 0.152 e. The molecule has 4 nitrogen and oxygen atoms in total. The van der Waals surface area contributed by atoms with E-state index in [0.29, 0.717) is 4.90 Å². The summed E-state index contributed by atoms with van der Waals surface area (Å²) in [5.41, 5.74) is 0. The van der Waals surface area contributed by atoms with Gasteiger partial charge in [-0.2, -0.15) is 0 Å². The fourth-order valence-corrected chi connectivity index (χ4v) is 4.17. The lowest BCUT2D eigenvalue weighted by Gasteiger charge is -2.03. The van der Waals surface area contributed by atoms with Gasteiger partial charge in [-0.3, -0.25) is 0 Å². The molecule has 0 aliphatic carbocycles. The molecule has 1 aromatic rings. The van der Waals surface area contributed by atoms with E-state index < -0.39 is 19.6 Å². The molecule has 1 N–H and O–H groups in total. The molecule has 0 saturated heterocycles. The normalized spacial score (nSPS) is 19.3. The Morgan fingerprint density at radius 1 is 1.14 bits per heavy atom. The second-order valence-electron chi connectivity index (χ2n) is 2.99. The molecule has 0 aliphatic heterocycles. The van der Waals surface area contributed by atoms with Crippen molar-refractivity contribution < 1.29 is 8.42 Å². The van der Waals surface area contributed by atoms with Crippen LogP contribution in [0, 0.1) is 4.78 Å². The average molecular weight is 232 g/mol. The van der Waals surface area contributed by atoms with Gasteiger partial charge < -0.3 is 0 Å². The van der Waals surface area contributed by atoms with Crippen LogP contribution in [0.4, 0.5) is 0 Å². The van der Waals surface area contributed by atoms with Crippen molar-refractivity contribution in [3.8, 4) is 0 Å². The monoisotopic (exact) mass is 232 g/mol. The zero-order chi connectivity index (χ0) is 10.8. The summed E-state index contributed by atoms with van der Waals surface area (Å²) in [6.07, 6.45) is 2.54. The van der Waals surface area contributed by atoms with Crippen LogP contribution in [0.3, 0.4) is 0 Å². The summed E-state index contributed by atoms with van der Waals surface area (Å²) in [6.45, 7) is 0. The second-order valence-corrected chi connectivity index (χ2v) is 7.27. The summed E-state index contributed by atoms with van der Waals surface area (Å²) in [4.78, 5) is 0.502. The van der Waals surface area contributed by atoms with Crippen LogP contribution >= 0.6 is 0 Å². The number of nitrogens with one attached hydrogen (secondary N) is 1. The molecule has 0 spiro atoms. The van der Waals surface area contributed by atoms with Crippen LogP contribution in [0.1, 0.15) is 0 Å². The number of nitrogens with zero attached hydrogens (tertiary/aromatic N) is 1. The van der Waals surface area contributed by atoms with Gasteiger partial charge in [0.05, 0.1) is 9.73 Å². The molecule has 0 aromatic heterocycles. The minimum Gasteiger partial charge on any atom is -0.244 e. The zero-order valence-corrected chi connectivity index (χ0v) is 9.60. The fraction of sp³-hybridized carbons (Fsp3) is 0.250. The summed E-state index contributed by atoms with van der Waals surface area (Å²) >= 11 is 0. The van der Waals surface area contributed by atoms with Crippen molar-refractivity contribution in [1.82, 2.24) is 0 Å². The van der Waals surface area contributed by atoms with Gasteiger partial charge >= 0.3 is 0 Å². The summed E-state index contributed by atoms with van der Waals surface area (Å²) in [5.74, 6) is 0. The van der Waals surface area contributed by atoms with E-state index in [1.54, 1.807) is 30.3 Å². The molecule has 0 aliphatic rings. The van der Waals surface area contributed by atoms with E-state index in [-0.39, 0.29) is 0 Å². The van der Waals surface area contributed by atoms with Gasteiger partial charge in [-0.25, -0.2) is 13.2 Å². The fourth-order valence-electron chi connectivity index (χ4n) is 0.987. The highest BCUT2D eigenvalue weighted by Crippen LogP contribution is 2.11. The Bertz CT molecular complexity index is 526. The predicted octanol–water partition coefficient (Wildman–Crippen LogP) is 1.73. The van der Waals surface area contributed by atoms with Gasteiger partial charge in [0, 0.05) is 17.4 Å². The maximum absolute atomic E-state index is 11.9. The third-order valence-corrected chi connectivity index (χ3v) is 4.89. The maximum atomic E-state index is 11.9. The molecule has 0 amide bonds.